The molecular formula is C16H16N6O5S. The number of aryl methyl sites for hydroxylation is 1. The van der Waals surface area contributed by atoms with Crippen LogP contribution in [-0.2, 0) is 14.9 Å². The third-order valence-electron chi connectivity index (χ3n) is 3.21. The van der Waals surface area contributed by atoms with Crippen LogP contribution in [0.2, 0.25) is 0 Å². The van der Waals surface area contributed by atoms with Gasteiger partial charge in [0.1, 0.15) is 13.2 Å². The van der Waals surface area contributed by atoms with Gasteiger partial charge in [0.05, 0.1) is 12.0 Å². The summed E-state index contributed by atoms with van der Waals surface area (Å²) in [6.07, 6.45) is 0. The molecule has 0 fully saturated rings. The number of carbonyl (C=O) groups excluding carboxylic acids is 1. The summed E-state index contributed by atoms with van der Waals surface area (Å²) in [5.41, 5.74) is 0.209. The predicted molar refractivity (Wildman–Crippen MR) is 98.3 cm³/mol. The van der Waals surface area contributed by atoms with Gasteiger partial charge in [0, 0.05) is 17.3 Å². The number of hydrogen-bond donors (Lipinski definition) is 2. The number of anilines is 1. The van der Waals surface area contributed by atoms with E-state index in [0.717, 1.165) is 0 Å². The minimum absolute atomic E-state index is 0.0272. The molecule has 0 saturated carbocycles. The molecule has 12 heteroatoms. The van der Waals surface area contributed by atoms with Crippen LogP contribution in [0, 0.1) is 18.3 Å². The lowest BCUT2D eigenvalue weighted by molar-refractivity contribution is 0.214. The monoisotopic (exact) mass is 404 g/mol. The highest BCUT2D eigenvalue weighted by atomic mass is 32.2. The number of methoxy groups -OCH3 is 1. The largest absolute Gasteiger partial charge is 0.481 e. The molecule has 0 aliphatic carbocycles. The van der Waals surface area contributed by atoms with E-state index in [-0.39, 0.29) is 28.0 Å². The van der Waals surface area contributed by atoms with Crippen LogP contribution in [-0.4, -0.2) is 44.3 Å². The van der Waals surface area contributed by atoms with Crippen LogP contribution in [0.1, 0.15) is 11.3 Å². The summed E-state index contributed by atoms with van der Waals surface area (Å²) in [7, 11) is -1.74. The van der Waals surface area contributed by atoms with E-state index in [1.807, 2.05) is 4.72 Å². The molecule has 2 aromatic rings. The Morgan fingerprint density at radius 1 is 1.25 bits per heavy atom. The fourth-order valence-electron chi connectivity index (χ4n) is 2.12. The molecule has 0 atom stereocenters. The Morgan fingerprint density at radius 3 is 2.61 bits per heavy atom. The Hall–Kier alpha value is -3.72. The second kappa shape index (κ2) is 8.78. The fraction of sp³-hybridized carbons (Fsp3) is 0.188. The molecule has 28 heavy (non-hydrogen) atoms. The van der Waals surface area contributed by atoms with E-state index in [4.69, 9.17) is 10.00 Å². The molecule has 146 valence electrons. The van der Waals surface area contributed by atoms with Crippen LogP contribution in [0.5, 0.6) is 5.88 Å². The zero-order valence-corrected chi connectivity index (χ0v) is 15.9. The molecule has 0 saturated heterocycles. The molecule has 2 N–H and O–H groups in total. The number of hydrogen-bond acceptors (Lipinski definition) is 9. The van der Waals surface area contributed by atoms with Crippen LogP contribution in [0.3, 0.4) is 0 Å². The molecule has 2 amide bonds. The third-order valence-corrected chi connectivity index (χ3v) is 4.60. The lowest BCUT2D eigenvalue weighted by Gasteiger charge is -2.11. The quantitative estimate of drug-likeness (QED) is 0.537. The standard InChI is InChI=1S/C16H16N6O5S/c1-10-8-14(26-2)19-15(18-10)20-16(23)22-28(24,25)13-7-5-4-6-11(13)12(9-17)21-27-3/h4-8H,1-3H3,(H2,18,19,20,22,23)/b21-12-. The summed E-state index contributed by atoms with van der Waals surface area (Å²) in [6, 6.07) is 7.73. The summed E-state index contributed by atoms with van der Waals surface area (Å²) in [4.78, 5) is 24.2. The highest BCUT2D eigenvalue weighted by Crippen LogP contribution is 2.17. The topological polar surface area (TPSA) is 156 Å². The van der Waals surface area contributed by atoms with E-state index >= 15 is 0 Å². The van der Waals surface area contributed by atoms with E-state index in [1.54, 1.807) is 13.0 Å². The number of amides is 2. The van der Waals surface area contributed by atoms with Gasteiger partial charge in [-0.1, -0.05) is 23.4 Å². The van der Waals surface area contributed by atoms with Crippen LogP contribution >= 0.6 is 0 Å². The van der Waals surface area contributed by atoms with Gasteiger partial charge in [-0.15, -0.1) is 0 Å². The van der Waals surface area contributed by atoms with Crippen molar-refractivity contribution in [1.29, 1.82) is 5.26 Å². The van der Waals surface area contributed by atoms with Crippen molar-refractivity contribution < 1.29 is 22.8 Å². The third kappa shape index (κ3) is 4.92. The average Bonchev–Trinajstić information content (AvgIpc) is 2.65. The van der Waals surface area contributed by atoms with E-state index in [0.29, 0.717) is 5.69 Å². The first-order chi connectivity index (χ1) is 13.3. The minimum atomic E-state index is -4.35. The molecule has 0 aliphatic heterocycles. The average molecular weight is 404 g/mol. The number of carbonyl (C=O) groups is 1. The molecule has 0 bridgehead atoms. The normalized spacial score (nSPS) is 11.3. The van der Waals surface area contributed by atoms with Crippen LogP contribution in [0.4, 0.5) is 10.7 Å². The number of ether oxygens (including phenoxy) is 1. The first kappa shape index (κ1) is 20.6. The molecule has 0 radical (unpaired) electrons. The van der Waals surface area contributed by atoms with Gasteiger partial charge in [-0.2, -0.15) is 10.2 Å². The smallest absolute Gasteiger partial charge is 0.335 e. The van der Waals surface area contributed by atoms with Crippen LogP contribution in [0.15, 0.2) is 40.4 Å². The SMILES string of the molecule is CO/N=C(/C#N)c1ccccc1S(=O)(=O)NC(=O)Nc1nc(C)cc(OC)n1. The summed E-state index contributed by atoms with van der Waals surface area (Å²) in [6.45, 7) is 1.65. The molecule has 1 aromatic heterocycles. The number of sulfonamides is 1. The number of nitrogens with one attached hydrogen (secondary N) is 2. The summed E-state index contributed by atoms with van der Waals surface area (Å²) in [5.74, 6) is 0.0573. The van der Waals surface area contributed by atoms with Gasteiger partial charge in [0.25, 0.3) is 10.0 Å². The Morgan fingerprint density at radius 2 is 1.96 bits per heavy atom. The summed E-state index contributed by atoms with van der Waals surface area (Å²) >= 11 is 0. The molecule has 0 spiro atoms. The van der Waals surface area contributed by atoms with Crippen molar-refractivity contribution in [3.8, 4) is 11.9 Å². The van der Waals surface area contributed by atoms with Gasteiger partial charge in [-0.3, -0.25) is 5.32 Å². The maximum Gasteiger partial charge on any atom is 0.335 e. The fourth-order valence-corrected chi connectivity index (χ4v) is 3.24. The number of aromatic nitrogens is 2. The zero-order valence-electron chi connectivity index (χ0n) is 15.1. The van der Waals surface area contributed by atoms with Gasteiger partial charge in [0.15, 0.2) is 5.71 Å². The molecule has 1 aromatic carbocycles. The molecule has 1 heterocycles. The Labute approximate surface area is 161 Å². The lowest BCUT2D eigenvalue weighted by Crippen LogP contribution is -2.35. The Kier molecular flexibility index (Phi) is 6.46. The predicted octanol–water partition coefficient (Wildman–Crippen LogP) is 1.18. The number of urea groups is 1. The number of oxime groups is 1. The second-order valence-corrected chi connectivity index (χ2v) is 6.82. The van der Waals surface area contributed by atoms with E-state index < -0.39 is 16.1 Å². The first-order valence-corrected chi connectivity index (χ1v) is 9.13. The van der Waals surface area contributed by atoms with Gasteiger partial charge < -0.3 is 9.57 Å². The van der Waals surface area contributed by atoms with Crippen molar-refractivity contribution in [1.82, 2.24) is 14.7 Å². The molecule has 2 rings (SSSR count). The minimum Gasteiger partial charge on any atom is -0.481 e. The van der Waals surface area contributed by atoms with Crippen LogP contribution < -0.4 is 14.8 Å². The summed E-state index contributed by atoms with van der Waals surface area (Å²) < 4.78 is 32.1. The van der Waals surface area contributed by atoms with Crippen molar-refractivity contribution in [3.05, 3.63) is 41.6 Å². The van der Waals surface area contributed by atoms with Gasteiger partial charge in [-0.25, -0.2) is 22.9 Å². The van der Waals surface area contributed by atoms with Crippen molar-refractivity contribution in [2.24, 2.45) is 5.16 Å². The van der Waals surface area contributed by atoms with Crippen molar-refractivity contribution >= 4 is 27.7 Å². The van der Waals surface area contributed by atoms with Crippen molar-refractivity contribution in [3.63, 3.8) is 0 Å². The number of rotatable bonds is 6. The Balaban J connectivity index is 2.30. The van der Waals surface area contributed by atoms with E-state index in [9.17, 15) is 13.2 Å². The zero-order chi connectivity index (χ0) is 20.7. The number of benzene rings is 1. The molecule has 0 unspecified atom stereocenters. The highest BCUT2D eigenvalue weighted by Gasteiger charge is 2.24. The van der Waals surface area contributed by atoms with Crippen LogP contribution in [0.25, 0.3) is 0 Å². The van der Waals surface area contributed by atoms with Crippen molar-refractivity contribution in [2.45, 2.75) is 11.8 Å². The maximum absolute atomic E-state index is 12.6. The van der Waals surface area contributed by atoms with Gasteiger partial charge in [0.2, 0.25) is 11.8 Å². The first-order valence-electron chi connectivity index (χ1n) is 7.65. The second-order valence-electron chi connectivity index (χ2n) is 5.17. The van der Waals surface area contributed by atoms with Gasteiger partial charge in [-0.05, 0) is 13.0 Å². The Bertz CT molecular complexity index is 1060. The molecular weight excluding hydrogens is 388 g/mol. The van der Waals surface area contributed by atoms with Crippen molar-refractivity contribution in [2.75, 3.05) is 19.5 Å². The van der Waals surface area contributed by atoms with Gasteiger partial charge >= 0.3 is 6.03 Å². The maximum atomic E-state index is 12.6. The number of nitrogens with zero attached hydrogens (tertiary/aromatic N) is 4. The van der Waals surface area contributed by atoms with E-state index in [1.165, 1.54) is 44.6 Å². The summed E-state index contributed by atoms with van der Waals surface area (Å²) in [5, 5.41) is 14.9. The van der Waals surface area contributed by atoms with E-state index in [2.05, 4.69) is 25.3 Å². The molecule has 11 nitrogen and oxygen atoms in total. The molecule has 0 aliphatic rings. The number of nitriles is 1. The lowest BCUT2D eigenvalue weighted by atomic mass is 10.1. The highest BCUT2D eigenvalue weighted by molar-refractivity contribution is 7.90.